The van der Waals surface area contributed by atoms with Crippen molar-refractivity contribution in [3.05, 3.63) is 35.4 Å². The second-order valence-corrected chi connectivity index (χ2v) is 5.40. The van der Waals surface area contributed by atoms with E-state index < -0.39 is 0 Å². The van der Waals surface area contributed by atoms with Crippen LogP contribution in [-0.4, -0.2) is 12.5 Å². The van der Waals surface area contributed by atoms with Crippen LogP contribution in [-0.2, 0) is 6.54 Å². The second kappa shape index (κ2) is 6.01. The van der Waals surface area contributed by atoms with Crippen LogP contribution in [0, 0.1) is 11.8 Å². The summed E-state index contributed by atoms with van der Waals surface area (Å²) in [4.78, 5) is 11.9. The van der Waals surface area contributed by atoms with E-state index in [1.54, 1.807) is 0 Å². The average molecular weight is 246 g/mol. The summed E-state index contributed by atoms with van der Waals surface area (Å²) in [5.41, 5.74) is 7.30. The summed E-state index contributed by atoms with van der Waals surface area (Å²) in [6.07, 6.45) is 3.78. The first-order valence-electron chi connectivity index (χ1n) is 6.76. The number of nitrogens with one attached hydrogen (secondary N) is 1. The molecule has 3 N–H and O–H groups in total. The molecule has 1 aliphatic carbocycles. The van der Waals surface area contributed by atoms with Crippen LogP contribution in [0.15, 0.2) is 24.3 Å². The topological polar surface area (TPSA) is 55.1 Å². The summed E-state index contributed by atoms with van der Waals surface area (Å²) in [5, 5.41) is 3.03. The molecule has 2 atom stereocenters. The maximum absolute atomic E-state index is 11.9. The minimum absolute atomic E-state index is 0.0260. The fourth-order valence-corrected chi connectivity index (χ4v) is 2.64. The minimum atomic E-state index is 0.0260. The van der Waals surface area contributed by atoms with Gasteiger partial charge in [-0.05, 0) is 42.4 Å². The van der Waals surface area contributed by atoms with Gasteiger partial charge in [0.05, 0.1) is 0 Å². The maximum Gasteiger partial charge on any atom is 0.251 e. The fraction of sp³-hybridized carbons (Fsp3) is 0.533. The zero-order valence-electron chi connectivity index (χ0n) is 11.0. The highest BCUT2D eigenvalue weighted by molar-refractivity contribution is 5.94. The predicted octanol–water partition coefficient (Wildman–Crippen LogP) is 2.31. The molecule has 0 spiro atoms. The Morgan fingerprint density at radius 3 is 2.61 bits per heavy atom. The molecule has 0 bridgehead atoms. The molecule has 3 heteroatoms. The molecule has 0 saturated heterocycles. The highest BCUT2D eigenvalue weighted by Gasteiger charge is 2.21. The van der Waals surface area contributed by atoms with Crippen LogP contribution in [0.2, 0.25) is 0 Å². The van der Waals surface area contributed by atoms with Crippen molar-refractivity contribution in [2.45, 2.75) is 32.7 Å². The Balaban J connectivity index is 1.83. The molecule has 0 aliphatic heterocycles. The standard InChI is InChI=1S/C15H22N2O/c1-11-2-3-13(8-11)10-17-15(18)14-6-4-12(9-16)5-7-14/h4-7,11,13H,2-3,8-10,16H2,1H3,(H,17,18). The number of nitrogens with two attached hydrogens (primary N) is 1. The van der Waals surface area contributed by atoms with Gasteiger partial charge in [0, 0.05) is 18.7 Å². The first-order chi connectivity index (χ1) is 8.69. The van der Waals surface area contributed by atoms with E-state index in [9.17, 15) is 4.79 Å². The zero-order valence-corrected chi connectivity index (χ0v) is 11.0. The van der Waals surface area contributed by atoms with E-state index in [0.717, 1.165) is 23.6 Å². The van der Waals surface area contributed by atoms with E-state index in [1.807, 2.05) is 24.3 Å². The highest BCUT2D eigenvalue weighted by Crippen LogP contribution is 2.29. The number of carbonyl (C=O) groups is 1. The van der Waals surface area contributed by atoms with Crippen LogP contribution in [0.4, 0.5) is 0 Å². The Morgan fingerprint density at radius 1 is 1.33 bits per heavy atom. The van der Waals surface area contributed by atoms with E-state index in [1.165, 1.54) is 19.3 Å². The molecule has 1 saturated carbocycles. The van der Waals surface area contributed by atoms with Gasteiger partial charge in [-0.15, -0.1) is 0 Å². The van der Waals surface area contributed by atoms with Crippen molar-refractivity contribution < 1.29 is 4.79 Å². The third-order valence-electron chi connectivity index (χ3n) is 3.81. The highest BCUT2D eigenvalue weighted by atomic mass is 16.1. The number of rotatable bonds is 4. The molecule has 1 aliphatic rings. The van der Waals surface area contributed by atoms with E-state index >= 15 is 0 Å². The lowest BCUT2D eigenvalue weighted by atomic mass is 10.1. The molecule has 0 radical (unpaired) electrons. The van der Waals surface area contributed by atoms with Gasteiger partial charge in [-0.2, -0.15) is 0 Å². The lowest BCUT2D eigenvalue weighted by molar-refractivity contribution is 0.0947. The second-order valence-electron chi connectivity index (χ2n) is 5.40. The Morgan fingerprint density at radius 2 is 2.06 bits per heavy atom. The number of hydrogen-bond donors (Lipinski definition) is 2. The molecule has 1 aromatic rings. The maximum atomic E-state index is 11.9. The van der Waals surface area contributed by atoms with Crippen molar-refractivity contribution in [3.63, 3.8) is 0 Å². The Labute approximate surface area is 109 Å². The quantitative estimate of drug-likeness (QED) is 0.856. The van der Waals surface area contributed by atoms with Crippen molar-refractivity contribution in [2.75, 3.05) is 6.54 Å². The Bertz CT molecular complexity index is 399. The Hall–Kier alpha value is -1.35. The number of amides is 1. The third kappa shape index (κ3) is 3.33. The van der Waals surface area contributed by atoms with Gasteiger partial charge in [-0.25, -0.2) is 0 Å². The van der Waals surface area contributed by atoms with Crippen LogP contribution in [0.5, 0.6) is 0 Å². The summed E-state index contributed by atoms with van der Waals surface area (Å²) in [6, 6.07) is 7.50. The Kier molecular flexibility index (Phi) is 4.37. The summed E-state index contributed by atoms with van der Waals surface area (Å²) in [5.74, 6) is 1.50. The molecule has 1 amide bonds. The molecule has 2 rings (SSSR count). The lowest BCUT2D eigenvalue weighted by Gasteiger charge is -2.11. The SMILES string of the molecule is CC1CCC(CNC(=O)c2ccc(CN)cc2)C1. The normalized spacial score (nSPS) is 23.0. The summed E-state index contributed by atoms with van der Waals surface area (Å²) < 4.78 is 0. The van der Waals surface area contributed by atoms with Crippen molar-refractivity contribution in [1.29, 1.82) is 0 Å². The van der Waals surface area contributed by atoms with Gasteiger partial charge in [-0.1, -0.05) is 25.5 Å². The van der Waals surface area contributed by atoms with Crippen molar-refractivity contribution in [3.8, 4) is 0 Å². The molecule has 98 valence electrons. The molecule has 0 heterocycles. The lowest BCUT2D eigenvalue weighted by Crippen LogP contribution is -2.28. The van der Waals surface area contributed by atoms with Crippen molar-refractivity contribution >= 4 is 5.91 Å². The van der Waals surface area contributed by atoms with E-state index in [0.29, 0.717) is 12.5 Å². The fourth-order valence-electron chi connectivity index (χ4n) is 2.64. The average Bonchev–Trinajstić information content (AvgIpc) is 2.82. The zero-order chi connectivity index (χ0) is 13.0. The summed E-state index contributed by atoms with van der Waals surface area (Å²) >= 11 is 0. The van der Waals surface area contributed by atoms with Gasteiger partial charge in [0.1, 0.15) is 0 Å². The van der Waals surface area contributed by atoms with Gasteiger partial charge in [-0.3, -0.25) is 4.79 Å². The monoisotopic (exact) mass is 246 g/mol. The van der Waals surface area contributed by atoms with Gasteiger partial charge in [0.2, 0.25) is 0 Å². The van der Waals surface area contributed by atoms with Crippen molar-refractivity contribution in [2.24, 2.45) is 17.6 Å². The van der Waals surface area contributed by atoms with Crippen LogP contribution >= 0.6 is 0 Å². The molecule has 1 aromatic carbocycles. The van der Waals surface area contributed by atoms with E-state index in [4.69, 9.17) is 5.73 Å². The van der Waals surface area contributed by atoms with E-state index in [-0.39, 0.29) is 5.91 Å². The van der Waals surface area contributed by atoms with E-state index in [2.05, 4.69) is 12.2 Å². The van der Waals surface area contributed by atoms with Gasteiger partial charge in [0.25, 0.3) is 5.91 Å². The summed E-state index contributed by atoms with van der Waals surface area (Å²) in [7, 11) is 0. The molecule has 3 nitrogen and oxygen atoms in total. The van der Waals surface area contributed by atoms with Crippen molar-refractivity contribution in [1.82, 2.24) is 5.32 Å². The largest absolute Gasteiger partial charge is 0.352 e. The van der Waals surface area contributed by atoms with Crippen LogP contribution in [0.3, 0.4) is 0 Å². The van der Waals surface area contributed by atoms with Gasteiger partial charge < -0.3 is 11.1 Å². The smallest absolute Gasteiger partial charge is 0.251 e. The summed E-state index contributed by atoms with van der Waals surface area (Å²) in [6.45, 7) is 3.61. The predicted molar refractivity (Wildman–Crippen MR) is 73.2 cm³/mol. The van der Waals surface area contributed by atoms with Crippen LogP contribution in [0.25, 0.3) is 0 Å². The minimum Gasteiger partial charge on any atom is -0.352 e. The van der Waals surface area contributed by atoms with Crippen LogP contribution in [0.1, 0.15) is 42.1 Å². The number of hydrogen-bond acceptors (Lipinski definition) is 2. The molecule has 0 aromatic heterocycles. The van der Waals surface area contributed by atoms with Gasteiger partial charge in [0.15, 0.2) is 0 Å². The molecular weight excluding hydrogens is 224 g/mol. The number of benzene rings is 1. The van der Waals surface area contributed by atoms with Crippen LogP contribution < -0.4 is 11.1 Å². The molecular formula is C15H22N2O. The molecule has 2 unspecified atom stereocenters. The molecule has 1 fully saturated rings. The first-order valence-corrected chi connectivity index (χ1v) is 6.76. The first kappa shape index (κ1) is 13.1. The number of carbonyl (C=O) groups excluding carboxylic acids is 1. The third-order valence-corrected chi connectivity index (χ3v) is 3.81. The molecule has 18 heavy (non-hydrogen) atoms. The van der Waals surface area contributed by atoms with Gasteiger partial charge >= 0.3 is 0 Å².